The number of benzene rings is 2. The predicted molar refractivity (Wildman–Crippen MR) is 111 cm³/mol. The van der Waals surface area contributed by atoms with Gasteiger partial charge >= 0.3 is 0 Å². The van der Waals surface area contributed by atoms with Crippen LogP contribution in [-0.2, 0) is 21.4 Å². The molecule has 1 amide bonds. The molecular weight excluding hydrogens is 390 g/mol. The number of anilines is 1. The van der Waals surface area contributed by atoms with Crippen LogP contribution in [0.25, 0.3) is 5.69 Å². The Labute approximate surface area is 170 Å². The number of sulfonamides is 1. The number of likely N-dealkylation sites (N-methyl/N-ethyl adjacent to an activating group) is 1. The van der Waals surface area contributed by atoms with E-state index in [-0.39, 0.29) is 10.8 Å². The van der Waals surface area contributed by atoms with Gasteiger partial charge in [0.25, 0.3) is 0 Å². The van der Waals surface area contributed by atoms with Crippen molar-refractivity contribution in [2.75, 3.05) is 12.4 Å². The van der Waals surface area contributed by atoms with Gasteiger partial charge in [0.2, 0.25) is 15.9 Å². The molecule has 1 unspecified atom stereocenters. The van der Waals surface area contributed by atoms with Crippen LogP contribution in [-0.4, -0.2) is 42.1 Å². The van der Waals surface area contributed by atoms with Crippen molar-refractivity contribution < 1.29 is 13.2 Å². The number of carbonyl (C=O) groups is 1. The van der Waals surface area contributed by atoms with Gasteiger partial charge in [0.1, 0.15) is 0 Å². The fourth-order valence-electron chi connectivity index (χ4n) is 2.76. The standard InChI is InChI=1S/C20H23N5O3S/c1-15(20(26)23-17-8-10-19(11-9-17)29(21,27)28)24(2)13-16-12-22-25(14-16)18-6-4-3-5-7-18/h3-12,14-15H,13H2,1-2H3,(H,23,26)(H2,21,27,28). The number of carbonyl (C=O) groups excluding carboxylic acids is 1. The van der Waals surface area contributed by atoms with Gasteiger partial charge in [-0.05, 0) is 50.4 Å². The average molecular weight is 414 g/mol. The Kier molecular flexibility index (Phi) is 6.12. The van der Waals surface area contributed by atoms with Crippen LogP contribution in [0, 0.1) is 0 Å². The second-order valence-corrected chi connectivity index (χ2v) is 8.34. The Balaban J connectivity index is 1.60. The van der Waals surface area contributed by atoms with Gasteiger partial charge in [0.15, 0.2) is 0 Å². The highest BCUT2D eigenvalue weighted by atomic mass is 32.2. The molecule has 0 spiro atoms. The van der Waals surface area contributed by atoms with Crippen molar-refractivity contribution in [2.24, 2.45) is 5.14 Å². The summed E-state index contributed by atoms with van der Waals surface area (Å²) < 4.78 is 24.4. The van der Waals surface area contributed by atoms with Crippen LogP contribution in [0.2, 0.25) is 0 Å². The summed E-state index contributed by atoms with van der Waals surface area (Å²) in [5, 5.41) is 12.2. The van der Waals surface area contributed by atoms with E-state index in [2.05, 4.69) is 10.4 Å². The van der Waals surface area contributed by atoms with Crippen LogP contribution in [0.3, 0.4) is 0 Å². The van der Waals surface area contributed by atoms with Gasteiger partial charge in [-0.15, -0.1) is 0 Å². The Bertz CT molecular complexity index is 1080. The van der Waals surface area contributed by atoms with Gasteiger partial charge in [-0.2, -0.15) is 5.10 Å². The van der Waals surface area contributed by atoms with Crippen molar-refractivity contribution in [1.82, 2.24) is 14.7 Å². The lowest BCUT2D eigenvalue weighted by molar-refractivity contribution is -0.120. The van der Waals surface area contributed by atoms with E-state index in [0.29, 0.717) is 12.2 Å². The van der Waals surface area contributed by atoms with Crippen LogP contribution in [0.1, 0.15) is 12.5 Å². The molecule has 3 N–H and O–H groups in total. The third-order valence-corrected chi connectivity index (χ3v) is 5.51. The number of nitrogens with two attached hydrogens (primary N) is 1. The van der Waals surface area contributed by atoms with E-state index in [0.717, 1.165) is 11.3 Å². The number of primary sulfonamides is 1. The summed E-state index contributed by atoms with van der Waals surface area (Å²) in [6, 6.07) is 15.1. The van der Waals surface area contributed by atoms with Gasteiger partial charge in [0, 0.05) is 24.0 Å². The zero-order valence-electron chi connectivity index (χ0n) is 16.2. The van der Waals surface area contributed by atoms with Crippen LogP contribution < -0.4 is 10.5 Å². The van der Waals surface area contributed by atoms with Crippen LogP contribution in [0.4, 0.5) is 5.69 Å². The number of hydrogen-bond donors (Lipinski definition) is 2. The molecule has 2 aromatic carbocycles. The molecule has 0 aliphatic heterocycles. The molecule has 0 saturated heterocycles. The zero-order chi connectivity index (χ0) is 21.0. The van der Waals surface area contributed by atoms with Gasteiger partial charge in [-0.3, -0.25) is 9.69 Å². The first-order valence-electron chi connectivity index (χ1n) is 8.97. The van der Waals surface area contributed by atoms with Crippen molar-refractivity contribution in [1.29, 1.82) is 0 Å². The molecule has 3 aromatic rings. The van der Waals surface area contributed by atoms with Gasteiger partial charge in [-0.25, -0.2) is 18.2 Å². The van der Waals surface area contributed by atoms with E-state index in [1.165, 1.54) is 24.3 Å². The second-order valence-electron chi connectivity index (χ2n) is 6.78. The highest BCUT2D eigenvalue weighted by molar-refractivity contribution is 7.89. The summed E-state index contributed by atoms with van der Waals surface area (Å²) in [6.45, 7) is 2.35. The molecule has 0 aliphatic rings. The first-order chi connectivity index (χ1) is 13.7. The maximum Gasteiger partial charge on any atom is 0.241 e. The number of aromatic nitrogens is 2. The zero-order valence-corrected chi connectivity index (χ0v) is 17.0. The first kappa shape index (κ1) is 20.7. The number of para-hydroxylation sites is 1. The van der Waals surface area contributed by atoms with E-state index in [9.17, 15) is 13.2 Å². The Morgan fingerprint density at radius 1 is 1.17 bits per heavy atom. The Morgan fingerprint density at radius 3 is 2.45 bits per heavy atom. The predicted octanol–water partition coefficient (Wildman–Crippen LogP) is 1.98. The minimum atomic E-state index is -3.76. The monoisotopic (exact) mass is 413 g/mol. The maximum atomic E-state index is 12.5. The van der Waals surface area contributed by atoms with Crippen LogP contribution in [0.15, 0.2) is 71.9 Å². The lowest BCUT2D eigenvalue weighted by atomic mass is 10.2. The van der Waals surface area contributed by atoms with Crippen molar-refractivity contribution in [3.05, 3.63) is 72.6 Å². The molecule has 0 aliphatic carbocycles. The summed E-state index contributed by atoms with van der Waals surface area (Å²) in [7, 11) is -1.90. The van der Waals surface area contributed by atoms with E-state index in [1.54, 1.807) is 17.8 Å². The highest BCUT2D eigenvalue weighted by Gasteiger charge is 2.19. The lowest BCUT2D eigenvalue weighted by Gasteiger charge is -2.23. The minimum Gasteiger partial charge on any atom is -0.325 e. The minimum absolute atomic E-state index is 0.00362. The fraction of sp³-hybridized carbons (Fsp3) is 0.200. The van der Waals surface area contributed by atoms with E-state index in [4.69, 9.17) is 5.14 Å². The summed E-state index contributed by atoms with van der Waals surface area (Å²) in [5.74, 6) is -0.202. The molecule has 0 radical (unpaired) electrons. The maximum absolute atomic E-state index is 12.5. The summed E-state index contributed by atoms with van der Waals surface area (Å²) in [5.41, 5.74) is 2.45. The summed E-state index contributed by atoms with van der Waals surface area (Å²) >= 11 is 0. The van der Waals surface area contributed by atoms with E-state index < -0.39 is 16.1 Å². The summed E-state index contributed by atoms with van der Waals surface area (Å²) in [4.78, 5) is 14.4. The molecule has 8 nitrogen and oxygen atoms in total. The second kappa shape index (κ2) is 8.56. The molecule has 29 heavy (non-hydrogen) atoms. The SMILES string of the molecule is CC(C(=O)Nc1ccc(S(N)(=O)=O)cc1)N(C)Cc1cnn(-c2ccccc2)c1. The molecule has 1 aromatic heterocycles. The quantitative estimate of drug-likeness (QED) is 0.615. The molecule has 0 saturated carbocycles. The molecule has 1 heterocycles. The van der Waals surface area contributed by atoms with Crippen LogP contribution in [0.5, 0.6) is 0 Å². The third-order valence-electron chi connectivity index (χ3n) is 4.58. The van der Waals surface area contributed by atoms with E-state index in [1.807, 2.05) is 48.5 Å². The van der Waals surface area contributed by atoms with Crippen molar-refractivity contribution in [3.8, 4) is 5.69 Å². The Hall–Kier alpha value is -3.01. The largest absolute Gasteiger partial charge is 0.325 e. The summed E-state index contributed by atoms with van der Waals surface area (Å²) in [6.07, 6.45) is 3.71. The normalized spacial score (nSPS) is 12.7. The Morgan fingerprint density at radius 2 is 1.83 bits per heavy atom. The van der Waals surface area contributed by atoms with Gasteiger partial charge in [-0.1, -0.05) is 18.2 Å². The number of nitrogens with one attached hydrogen (secondary N) is 1. The van der Waals surface area contributed by atoms with Crippen molar-refractivity contribution in [2.45, 2.75) is 24.4 Å². The average Bonchev–Trinajstić information content (AvgIpc) is 3.16. The fourth-order valence-corrected chi connectivity index (χ4v) is 3.28. The topological polar surface area (TPSA) is 110 Å². The van der Waals surface area contributed by atoms with Gasteiger partial charge in [0.05, 0.1) is 22.8 Å². The van der Waals surface area contributed by atoms with E-state index >= 15 is 0 Å². The van der Waals surface area contributed by atoms with Gasteiger partial charge < -0.3 is 5.32 Å². The molecule has 0 bridgehead atoms. The molecule has 9 heteroatoms. The molecule has 152 valence electrons. The number of rotatable bonds is 7. The smallest absolute Gasteiger partial charge is 0.241 e. The highest BCUT2D eigenvalue weighted by Crippen LogP contribution is 2.15. The van der Waals surface area contributed by atoms with Crippen molar-refractivity contribution >= 4 is 21.6 Å². The molecule has 3 rings (SSSR count). The lowest BCUT2D eigenvalue weighted by Crippen LogP contribution is -2.39. The van der Waals surface area contributed by atoms with Crippen LogP contribution >= 0.6 is 0 Å². The third kappa shape index (κ3) is 5.29. The molecule has 1 atom stereocenters. The molecular formula is C20H23N5O3S. The first-order valence-corrected chi connectivity index (χ1v) is 10.5. The molecule has 0 fully saturated rings. The number of nitrogens with zero attached hydrogens (tertiary/aromatic N) is 3. The number of amides is 1. The number of hydrogen-bond acceptors (Lipinski definition) is 5. The van der Waals surface area contributed by atoms with Crippen molar-refractivity contribution in [3.63, 3.8) is 0 Å².